The van der Waals surface area contributed by atoms with E-state index in [2.05, 4.69) is 28.9 Å². The van der Waals surface area contributed by atoms with Crippen LogP contribution in [0.1, 0.15) is 121 Å². The van der Waals surface area contributed by atoms with Gasteiger partial charge in [-0.2, -0.15) is 26.3 Å². The molecule has 2 aromatic heterocycles. The number of carbonyl (C=O) groups is 4. The van der Waals surface area contributed by atoms with Gasteiger partial charge in [-0.1, -0.05) is 50.9 Å². The van der Waals surface area contributed by atoms with Crippen LogP contribution >= 0.6 is 0 Å². The summed E-state index contributed by atoms with van der Waals surface area (Å²) >= 11 is 0. The van der Waals surface area contributed by atoms with Crippen LogP contribution in [0.2, 0.25) is 0 Å². The van der Waals surface area contributed by atoms with Gasteiger partial charge in [0.1, 0.15) is 11.4 Å². The zero-order chi connectivity index (χ0) is 43.1. The quantitative estimate of drug-likeness (QED) is 0.0879. The van der Waals surface area contributed by atoms with Crippen molar-refractivity contribution in [2.75, 3.05) is 26.4 Å². The largest absolute Gasteiger partial charge is 0.449 e. The van der Waals surface area contributed by atoms with Crippen LogP contribution in [0.4, 0.5) is 43.9 Å². The Bertz CT molecular complexity index is 1960. The van der Waals surface area contributed by atoms with Crippen molar-refractivity contribution in [2.45, 2.75) is 64.7 Å². The maximum absolute atomic E-state index is 13.5. The summed E-state index contributed by atoms with van der Waals surface area (Å²) in [7, 11) is 0. The van der Waals surface area contributed by atoms with Gasteiger partial charge < -0.3 is 18.9 Å². The molecule has 2 rings (SSSR count). The van der Waals surface area contributed by atoms with Crippen LogP contribution in [0.5, 0.6) is 0 Å². The van der Waals surface area contributed by atoms with E-state index >= 15 is 0 Å². The fourth-order valence-corrected chi connectivity index (χ4v) is 4.67. The SMILES string of the molecule is C#CCOC(=O)c1c(C(F)F)nc(C(F)(F)F)c(C(=O)OCC#C)c1C(C)C.C#CCOC(=O)c1c(C(F)F)nc(C(F)(F)F)c(C(=O)OCC#C)c1CCC. The first-order valence-electron chi connectivity index (χ1n) is 15.3. The summed E-state index contributed by atoms with van der Waals surface area (Å²) in [6, 6.07) is 0. The van der Waals surface area contributed by atoms with Gasteiger partial charge in [0.25, 0.3) is 12.9 Å². The number of hydrogen-bond donors (Lipinski definition) is 0. The summed E-state index contributed by atoms with van der Waals surface area (Å²) in [5.74, 6) is 0.658. The highest BCUT2D eigenvalue weighted by Crippen LogP contribution is 2.40. The predicted octanol–water partition coefficient (Wildman–Crippen LogP) is 7.31. The lowest BCUT2D eigenvalue weighted by Crippen LogP contribution is -2.26. The molecular weight excluding hydrogens is 778 g/mol. The molecule has 0 saturated heterocycles. The highest BCUT2D eigenvalue weighted by atomic mass is 19.4. The summed E-state index contributed by atoms with van der Waals surface area (Å²) in [5, 5.41) is 0. The molecule has 0 aromatic carbocycles. The van der Waals surface area contributed by atoms with Gasteiger partial charge in [0.05, 0.1) is 22.3 Å². The number of terminal acetylenes is 4. The monoisotopic (exact) mass is 806 g/mol. The molecule has 300 valence electrons. The Morgan fingerprint density at radius 2 is 0.911 bits per heavy atom. The molecule has 0 aliphatic carbocycles. The molecule has 10 nitrogen and oxygen atoms in total. The number of pyridine rings is 2. The number of hydrogen-bond acceptors (Lipinski definition) is 10. The molecule has 0 aliphatic heterocycles. The fourth-order valence-electron chi connectivity index (χ4n) is 4.67. The van der Waals surface area contributed by atoms with Gasteiger partial charge in [-0.3, -0.25) is 0 Å². The normalized spacial score (nSPS) is 11.0. The topological polar surface area (TPSA) is 131 Å². The number of carbonyl (C=O) groups excluding carboxylic acids is 4. The second kappa shape index (κ2) is 21.0. The van der Waals surface area contributed by atoms with Crippen LogP contribution in [0.15, 0.2) is 0 Å². The number of alkyl halides is 10. The van der Waals surface area contributed by atoms with Crippen molar-refractivity contribution >= 4 is 23.9 Å². The Morgan fingerprint density at radius 3 is 1.23 bits per heavy atom. The van der Waals surface area contributed by atoms with Crippen LogP contribution in [0.3, 0.4) is 0 Å². The molecule has 0 fully saturated rings. The van der Waals surface area contributed by atoms with E-state index in [1.54, 1.807) is 0 Å². The van der Waals surface area contributed by atoms with Gasteiger partial charge in [0.15, 0.2) is 37.8 Å². The molecule has 0 aliphatic rings. The first kappa shape index (κ1) is 47.7. The van der Waals surface area contributed by atoms with Crippen molar-refractivity contribution in [1.29, 1.82) is 0 Å². The highest BCUT2D eigenvalue weighted by molar-refractivity contribution is 6.01. The zero-order valence-electron chi connectivity index (χ0n) is 29.2. The number of rotatable bonds is 13. The van der Waals surface area contributed by atoms with E-state index in [4.69, 9.17) is 25.7 Å². The van der Waals surface area contributed by atoms with E-state index in [-0.39, 0.29) is 12.8 Å². The first-order valence-corrected chi connectivity index (χ1v) is 15.3. The Balaban J connectivity index is 0.000000560. The Morgan fingerprint density at radius 1 is 0.589 bits per heavy atom. The minimum absolute atomic E-state index is 0.106. The molecular formula is C36H28F10N2O8. The van der Waals surface area contributed by atoms with Gasteiger partial charge in [0, 0.05) is 0 Å². The van der Waals surface area contributed by atoms with Gasteiger partial charge in [-0.25, -0.2) is 46.7 Å². The number of esters is 4. The van der Waals surface area contributed by atoms with E-state index in [1.165, 1.54) is 20.8 Å². The average molecular weight is 807 g/mol. The Labute approximate surface area is 312 Å². The molecule has 2 aromatic rings. The third-order valence-corrected chi connectivity index (χ3v) is 6.58. The van der Waals surface area contributed by atoms with Gasteiger partial charge in [0.2, 0.25) is 0 Å². The minimum atomic E-state index is -5.29. The first-order chi connectivity index (χ1) is 26.1. The lowest BCUT2D eigenvalue weighted by molar-refractivity contribution is -0.142. The predicted molar refractivity (Wildman–Crippen MR) is 173 cm³/mol. The summed E-state index contributed by atoms with van der Waals surface area (Å²) in [6.45, 7) is 1.49. The Hall–Kier alpha value is -6.28. The maximum Gasteiger partial charge on any atom is 0.434 e. The van der Waals surface area contributed by atoms with E-state index < -0.39 is 138 Å². The average Bonchev–Trinajstić information content (AvgIpc) is 3.11. The molecule has 0 radical (unpaired) electrons. The summed E-state index contributed by atoms with van der Waals surface area (Å²) < 4.78 is 153. The lowest BCUT2D eigenvalue weighted by atomic mass is 9.89. The molecule has 0 saturated carbocycles. The molecule has 0 amide bonds. The van der Waals surface area contributed by atoms with Crippen LogP contribution in [-0.2, 0) is 37.7 Å². The van der Waals surface area contributed by atoms with E-state index in [1.807, 2.05) is 23.7 Å². The van der Waals surface area contributed by atoms with Crippen molar-refractivity contribution in [3.05, 3.63) is 56.2 Å². The molecule has 0 bridgehead atoms. The van der Waals surface area contributed by atoms with Crippen molar-refractivity contribution < 1.29 is 82.0 Å². The van der Waals surface area contributed by atoms with E-state index in [9.17, 15) is 63.1 Å². The fraction of sp³-hybridized carbons (Fsp3) is 0.389. The molecule has 0 unspecified atom stereocenters. The van der Waals surface area contributed by atoms with E-state index in [0.717, 1.165) is 0 Å². The van der Waals surface area contributed by atoms with Crippen molar-refractivity contribution in [3.63, 3.8) is 0 Å². The maximum atomic E-state index is 13.5. The zero-order valence-corrected chi connectivity index (χ0v) is 29.2. The molecule has 0 spiro atoms. The van der Waals surface area contributed by atoms with Crippen LogP contribution < -0.4 is 0 Å². The van der Waals surface area contributed by atoms with Crippen LogP contribution in [0.25, 0.3) is 0 Å². The molecule has 2 heterocycles. The van der Waals surface area contributed by atoms with E-state index in [0.29, 0.717) is 0 Å². The number of ether oxygens (including phenoxy) is 4. The number of halogens is 10. The van der Waals surface area contributed by atoms with Crippen LogP contribution in [-0.4, -0.2) is 60.3 Å². The van der Waals surface area contributed by atoms with Gasteiger partial charge in [-0.15, -0.1) is 25.7 Å². The lowest BCUT2D eigenvalue weighted by Gasteiger charge is -2.22. The smallest absolute Gasteiger partial charge is 0.434 e. The molecule has 56 heavy (non-hydrogen) atoms. The number of nitrogens with zero attached hydrogens (tertiary/aromatic N) is 2. The van der Waals surface area contributed by atoms with Crippen molar-refractivity contribution in [1.82, 2.24) is 9.97 Å². The third-order valence-electron chi connectivity index (χ3n) is 6.58. The van der Waals surface area contributed by atoms with Gasteiger partial charge >= 0.3 is 36.2 Å². The second-order valence-corrected chi connectivity index (χ2v) is 10.7. The standard InChI is InChI=1S/2C18H14F5NO4/c1-5-7-27-16(25)11-10(9(3)4)12(17(26)28-8-6-2)14(18(21,22)23)24-13(11)15(19)20;1-4-7-10-11(16(25)27-8-5-2)13(15(19)20)24-14(18(21,22)23)12(10)17(26)28-9-6-3/h1-2,9,15H,7-8H2,3-4H3;2-3,15H,4,7-9H2,1H3. The molecule has 0 N–H and O–H groups in total. The highest BCUT2D eigenvalue weighted by Gasteiger charge is 2.45. The van der Waals surface area contributed by atoms with Gasteiger partial charge in [-0.05, 0) is 23.5 Å². The second-order valence-electron chi connectivity index (χ2n) is 10.7. The minimum Gasteiger partial charge on any atom is -0.449 e. The molecule has 20 heteroatoms. The summed E-state index contributed by atoms with van der Waals surface area (Å²) in [6.07, 6.45) is 1.77. The third kappa shape index (κ3) is 12.1. The van der Waals surface area contributed by atoms with Crippen LogP contribution in [0, 0.1) is 49.4 Å². The van der Waals surface area contributed by atoms with Crippen molar-refractivity contribution in [2.24, 2.45) is 0 Å². The van der Waals surface area contributed by atoms with Crippen molar-refractivity contribution in [3.8, 4) is 49.4 Å². The summed E-state index contributed by atoms with van der Waals surface area (Å²) in [4.78, 5) is 54.6. The number of aromatic nitrogens is 2. The Kier molecular flexibility index (Phi) is 17.9. The summed E-state index contributed by atoms with van der Waals surface area (Å²) in [5.41, 5.74) is -12.3. The molecule has 0 atom stereocenters.